The van der Waals surface area contributed by atoms with Gasteiger partial charge in [0.25, 0.3) is 0 Å². The zero-order valence-corrected chi connectivity index (χ0v) is 6.98. The number of hydrogen-bond acceptors (Lipinski definition) is 3. The minimum Gasteiger partial charge on any atom is -0.182 e. The molecule has 0 saturated heterocycles. The van der Waals surface area contributed by atoms with E-state index in [-0.39, 0.29) is 5.82 Å². The number of nitrogens with zero attached hydrogens (tertiary/aromatic N) is 3. The van der Waals surface area contributed by atoms with Gasteiger partial charge in [0.1, 0.15) is 0 Å². The first-order valence-corrected chi connectivity index (χ1v) is 3.88. The van der Waals surface area contributed by atoms with Crippen molar-refractivity contribution < 1.29 is 8.78 Å². The summed E-state index contributed by atoms with van der Waals surface area (Å²) in [5, 5.41) is 0. The van der Waals surface area contributed by atoms with E-state index in [0.717, 1.165) is 0 Å². The Labute approximate surface area is 78.5 Å². The van der Waals surface area contributed by atoms with Crippen LogP contribution < -0.4 is 0 Å². The van der Waals surface area contributed by atoms with Crippen LogP contribution >= 0.6 is 0 Å². The minimum absolute atomic E-state index is 0.00407. The summed E-state index contributed by atoms with van der Waals surface area (Å²) in [5.41, 5.74) is 0.549. The second-order valence-corrected chi connectivity index (χ2v) is 2.56. The highest BCUT2D eigenvalue weighted by Gasteiger charge is 2.06. The van der Waals surface area contributed by atoms with Gasteiger partial charge < -0.3 is 0 Å². The first-order valence-electron chi connectivity index (χ1n) is 3.88. The van der Waals surface area contributed by atoms with Crippen molar-refractivity contribution in [2.24, 2.45) is 0 Å². The number of rotatable bonds is 1. The fourth-order valence-corrected chi connectivity index (χ4v) is 1.04. The summed E-state index contributed by atoms with van der Waals surface area (Å²) in [6.45, 7) is 0. The van der Waals surface area contributed by atoms with E-state index in [1.165, 1.54) is 0 Å². The van der Waals surface area contributed by atoms with Crippen LogP contribution in [-0.2, 0) is 0 Å². The molecule has 1 aromatic carbocycles. The Balaban J connectivity index is 2.52. The molecule has 0 saturated carbocycles. The van der Waals surface area contributed by atoms with Gasteiger partial charge in [-0.1, -0.05) is 30.3 Å². The Morgan fingerprint density at radius 1 is 0.786 bits per heavy atom. The molecular formula is C9H5F2N3. The van der Waals surface area contributed by atoms with E-state index >= 15 is 0 Å². The van der Waals surface area contributed by atoms with Crippen LogP contribution in [0.5, 0.6) is 0 Å². The number of benzene rings is 1. The third kappa shape index (κ3) is 1.71. The standard InChI is InChI=1S/C9H5F2N3/c10-8-12-7(13-9(11)14-8)6-4-2-1-3-5-6/h1-5H. The molecule has 14 heavy (non-hydrogen) atoms. The lowest BCUT2D eigenvalue weighted by molar-refractivity contribution is 0.457. The Hall–Kier alpha value is -1.91. The molecule has 0 amide bonds. The van der Waals surface area contributed by atoms with Gasteiger partial charge in [0, 0.05) is 5.56 Å². The van der Waals surface area contributed by atoms with Crippen LogP contribution in [0, 0.1) is 12.2 Å². The molecule has 1 aromatic heterocycles. The zero-order valence-electron chi connectivity index (χ0n) is 6.98. The van der Waals surface area contributed by atoms with Gasteiger partial charge in [-0.3, -0.25) is 0 Å². The lowest BCUT2D eigenvalue weighted by atomic mass is 10.2. The van der Waals surface area contributed by atoms with Gasteiger partial charge in [-0.2, -0.15) is 23.7 Å². The molecule has 3 nitrogen and oxygen atoms in total. The van der Waals surface area contributed by atoms with Gasteiger partial charge in [-0.15, -0.1) is 0 Å². The van der Waals surface area contributed by atoms with Crippen LogP contribution in [0.2, 0.25) is 0 Å². The SMILES string of the molecule is Fc1nc(F)nc(-c2ccccc2)n1. The van der Waals surface area contributed by atoms with E-state index in [1.54, 1.807) is 30.3 Å². The highest BCUT2D eigenvalue weighted by Crippen LogP contribution is 2.12. The molecule has 0 radical (unpaired) electrons. The maximum absolute atomic E-state index is 12.6. The van der Waals surface area contributed by atoms with E-state index in [2.05, 4.69) is 15.0 Å². The summed E-state index contributed by atoms with van der Waals surface area (Å²) >= 11 is 0. The largest absolute Gasteiger partial charge is 0.314 e. The fourth-order valence-electron chi connectivity index (χ4n) is 1.04. The molecule has 0 fully saturated rings. The van der Waals surface area contributed by atoms with Gasteiger partial charge in [-0.25, -0.2) is 0 Å². The van der Waals surface area contributed by atoms with Crippen molar-refractivity contribution in [2.75, 3.05) is 0 Å². The quantitative estimate of drug-likeness (QED) is 0.693. The molecule has 0 N–H and O–H groups in total. The second-order valence-electron chi connectivity index (χ2n) is 2.56. The van der Waals surface area contributed by atoms with Crippen molar-refractivity contribution in [1.82, 2.24) is 15.0 Å². The molecule has 0 unspecified atom stereocenters. The minimum atomic E-state index is -1.11. The summed E-state index contributed by atoms with van der Waals surface area (Å²) in [6.07, 6.45) is -2.23. The predicted molar refractivity (Wildman–Crippen MR) is 45.2 cm³/mol. The van der Waals surface area contributed by atoms with E-state index in [9.17, 15) is 8.78 Å². The molecule has 0 bridgehead atoms. The van der Waals surface area contributed by atoms with Gasteiger partial charge in [0.15, 0.2) is 5.82 Å². The van der Waals surface area contributed by atoms with Gasteiger partial charge in [-0.05, 0) is 0 Å². The van der Waals surface area contributed by atoms with E-state index in [1.807, 2.05) is 0 Å². The van der Waals surface area contributed by atoms with Crippen molar-refractivity contribution in [2.45, 2.75) is 0 Å². The van der Waals surface area contributed by atoms with Gasteiger partial charge in [0.05, 0.1) is 0 Å². The lowest BCUT2D eigenvalue weighted by Crippen LogP contribution is -2.00. The predicted octanol–water partition coefficient (Wildman–Crippen LogP) is 1.82. The van der Waals surface area contributed by atoms with Gasteiger partial charge in [0.2, 0.25) is 0 Å². The summed E-state index contributed by atoms with van der Waals surface area (Å²) in [4.78, 5) is 9.55. The van der Waals surface area contributed by atoms with Crippen LogP contribution in [0.1, 0.15) is 0 Å². The second kappa shape index (κ2) is 3.45. The van der Waals surface area contributed by atoms with E-state index in [4.69, 9.17) is 0 Å². The smallest absolute Gasteiger partial charge is 0.182 e. The van der Waals surface area contributed by atoms with Crippen LogP contribution in [0.25, 0.3) is 11.4 Å². The first kappa shape index (κ1) is 8.68. The van der Waals surface area contributed by atoms with Crippen LogP contribution in [0.3, 0.4) is 0 Å². The number of halogens is 2. The molecule has 0 aliphatic rings. The summed E-state index contributed by atoms with van der Waals surface area (Å²) in [6, 6.07) is 8.57. The monoisotopic (exact) mass is 193 g/mol. The van der Waals surface area contributed by atoms with Crippen molar-refractivity contribution >= 4 is 0 Å². The maximum atomic E-state index is 12.6. The van der Waals surface area contributed by atoms with Crippen molar-refractivity contribution in [1.29, 1.82) is 0 Å². The molecule has 2 rings (SSSR count). The average Bonchev–Trinajstić information content (AvgIpc) is 2.18. The highest BCUT2D eigenvalue weighted by atomic mass is 19.1. The maximum Gasteiger partial charge on any atom is 0.314 e. The molecule has 70 valence electrons. The molecule has 0 aliphatic heterocycles. The topological polar surface area (TPSA) is 38.7 Å². The van der Waals surface area contributed by atoms with Crippen LogP contribution in [-0.4, -0.2) is 15.0 Å². The molecule has 1 heterocycles. The third-order valence-corrected chi connectivity index (χ3v) is 1.61. The van der Waals surface area contributed by atoms with Crippen LogP contribution in [0.15, 0.2) is 30.3 Å². The zero-order chi connectivity index (χ0) is 9.97. The number of aromatic nitrogens is 3. The fraction of sp³-hybridized carbons (Fsp3) is 0. The molecule has 0 spiro atoms. The molecule has 0 atom stereocenters. The Morgan fingerprint density at radius 2 is 1.36 bits per heavy atom. The van der Waals surface area contributed by atoms with Gasteiger partial charge >= 0.3 is 12.2 Å². The van der Waals surface area contributed by atoms with E-state index in [0.29, 0.717) is 5.56 Å². The summed E-state index contributed by atoms with van der Waals surface area (Å²) < 4.78 is 25.2. The Morgan fingerprint density at radius 3 is 1.93 bits per heavy atom. The molecule has 5 heteroatoms. The van der Waals surface area contributed by atoms with E-state index < -0.39 is 12.2 Å². The first-order chi connectivity index (χ1) is 6.75. The highest BCUT2D eigenvalue weighted by molar-refractivity contribution is 5.53. The molecule has 0 aliphatic carbocycles. The third-order valence-electron chi connectivity index (χ3n) is 1.61. The van der Waals surface area contributed by atoms with Crippen molar-refractivity contribution in [3.8, 4) is 11.4 Å². The average molecular weight is 193 g/mol. The van der Waals surface area contributed by atoms with Crippen LogP contribution in [0.4, 0.5) is 8.78 Å². The summed E-state index contributed by atoms with van der Waals surface area (Å²) in [5.74, 6) is -0.00407. The normalized spacial score (nSPS) is 10.1. The molecular weight excluding hydrogens is 188 g/mol. The lowest BCUT2D eigenvalue weighted by Gasteiger charge is -1.98. The van der Waals surface area contributed by atoms with Crippen molar-refractivity contribution in [3.63, 3.8) is 0 Å². The number of hydrogen-bond donors (Lipinski definition) is 0. The Bertz CT molecular complexity index is 425. The molecule has 2 aromatic rings. The summed E-state index contributed by atoms with van der Waals surface area (Å²) in [7, 11) is 0. The van der Waals surface area contributed by atoms with Crippen molar-refractivity contribution in [3.05, 3.63) is 42.5 Å². The Kier molecular flexibility index (Phi) is 2.14.